The average molecular weight is 458 g/mol. The number of fused-ring (bicyclic) bond motifs is 1. The molecular formula is C23H27N3O5S. The summed E-state index contributed by atoms with van der Waals surface area (Å²) in [6.45, 7) is 2.29. The number of carbonyl (C=O) groups is 2. The third-order valence-electron chi connectivity index (χ3n) is 5.79. The Kier molecular flexibility index (Phi) is 6.48. The number of nitrogens with zero attached hydrogens (tertiary/aromatic N) is 1. The molecule has 170 valence electrons. The highest BCUT2D eigenvalue weighted by molar-refractivity contribution is 7.89. The van der Waals surface area contributed by atoms with Crippen molar-refractivity contribution in [3.05, 3.63) is 53.6 Å². The fourth-order valence-electron chi connectivity index (χ4n) is 4.18. The van der Waals surface area contributed by atoms with Gasteiger partial charge in [-0.25, -0.2) is 8.42 Å². The first-order chi connectivity index (χ1) is 15.4. The first-order valence-electron chi connectivity index (χ1n) is 10.8. The van der Waals surface area contributed by atoms with Crippen molar-refractivity contribution in [1.29, 1.82) is 0 Å². The summed E-state index contributed by atoms with van der Waals surface area (Å²) in [4.78, 5) is 24.4. The molecule has 2 aromatic carbocycles. The molecule has 1 saturated heterocycles. The predicted octanol–water partition coefficient (Wildman–Crippen LogP) is 2.23. The van der Waals surface area contributed by atoms with E-state index in [0.717, 1.165) is 12.8 Å². The second-order valence-corrected chi connectivity index (χ2v) is 9.96. The zero-order chi connectivity index (χ0) is 22.7. The molecule has 8 nitrogen and oxygen atoms in total. The van der Waals surface area contributed by atoms with Crippen molar-refractivity contribution in [2.24, 2.45) is 0 Å². The Morgan fingerprint density at radius 1 is 1.25 bits per heavy atom. The first kappa shape index (κ1) is 22.3. The van der Waals surface area contributed by atoms with Crippen LogP contribution in [-0.2, 0) is 26.0 Å². The van der Waals surface area contributed by atoms with Gasteiger partial charge in [-0.2, -0.15) is 4.31 Å². The quantitative estimate of drug-likeness (QED) is 0.621. The third-order valence-corrected chi connectivity index (χ3v) is 7.84. The second-order valence-electron chi connectivity index (χ2n) is 8.10. The van der Waals surface area contributed by atoms with Crippen LogP contribution in [0.15, 0.2) is 47.4 Å². The van der Waals surface area contributed by atoms with E-state index in [0.29, 0.717) is 42.9 Å². The van der Waals surface area contributed by atoms with Gasteiger partial charge in [0.05, 0.1) is 10.6 Å². The van der Waals surface area contributed by atoms with E-state index >= 15 is 0 Å². The number of anilines is 1. The van der Waals surface area contributed by atoms with Crippen LogP contribution in [0.2, 0.25) is 0 Å². The SMILES string of the molecule is Cc1cc2c(cc1S(=O)(=O)N1CCC[C@@H]1C(=O)NCCCc1ccccc1)OCC(=O)N2. The number of aryl methyl sites for hydroxylation is 2. The van der Waals surface area contributed by atoms with E-state index in [1.54, 1.807) is 13.0 Å². The highest BCUT2D eigenvalue weighted by Crippen LogP contribution is 2.35. The van der Waals surface area contributed by atoms with Crippen molar-refractivity contribution >= 4 is 27.5 Å². The zero-order valence-electron chi connectivity index (χ0n) is 18.0. The molecule has 2 N–H and O–H groups in total. The highest BCUT2D eigenvalue weighted by atomic mass is 32.2. The van der Waals surface area contributed by atoms with Gasteiger partial charge in [-0.15, -0.1) is 0 Å². The van der Waals surface area contributed by atoms with E-state index in [9.17, 15) is 18.0 Å². The smallest absolute Gasteiger partial charge is 0.262 e. The normalized spacial score (nSPS) is 18.5. The molecule has 0 aliphatic carbocycles. The van der Waals surface area contributed by atoms with Gasteiger partial charge >= 0.3 is 0 Å². The van der Waals surface area contributed by atoms with Crippen LogP contribution in [0.4, 0.5) is 5.69 Å². The van der Waals surface area contributed by atoms with Crippen LogP contribution in [0.25, 0.3) is 0 Å². The summed E-state index contributed by atoms with van der Waals surface area (Å²) in [5.74, 6) is -0.232. The van der Waals surface area contributed by atoms with Crippen molar-refractivity contribution in [2.45, 2.75) is 43.5 Å². The number of amides is 2. The lowest BCUT2D eigenvalue weighted by atomic mass is 10.1. The molecule has 0 aromatic heterocycles. The molecular weight excluding hydrogens is 430 g/mol. The van der Waals surface area contributed by atoms with Gasteiger partial charge in [-0.05, 0) is 49.8 Å². The largest absolute Gasteiger partial charge is 0.482 e. The molecule has 0 saturated carbocycles. The van der Waals surface area contributed by atoms with Crippen molar-refractivity contribution in [1.82, 2.24) is 9.62 Å². The summed E-state index contributed by atoms with van der Waals surface area (Å²) in [5, 5.41) is 5.58. The lowest BCUT2D eigenvalue weighted by molar-refractivity contribution is -0.124. The number of sulfonamides is 1. The van der Waals surface area contributed by atoms with Gasteiger partial charge in [0.25, 0.3) is 5.91 Å². The topological polar surface area (TPSA) is 105 Å². The van der Waals surface area contributed by atoms with Crippen molar-refractivity contribution in [3.63, 3.8) is 0 Å². The number of hydrogen-bond donors (Lipinski definition) is 2. The molecule has 4 rings (SSSR count). The molecule has 2 heterocycles. The summed E-state index contributed by atoms with van der Waals surface area (Å²) in [6, 6.07) is 12.3. The molecule has 2 aliphatic heterocycles. The minimum Gasteiger partial charge on any atom is -0.482 e. The molecule has 9 heteroatoms. The molecule has 32 heavy (non-hydrogen) atoms. The summed E-state index contributed by atoms with van der Waals surface area (Å²) in [7, 11) is -3.90. The standard InChI is InChI=1S/C23H27N3O5S/c1-16-13-18-20(31-15-22(27)25-18)14-21(16)32(29,30)26-12-6-10-19(26)23(28)24-11-5-9-17-7-3-2-4-8-17/h2-4,7-8,13-14,19H,5-6,9-12,15H2,1H3,(H,24,28)(H,25,27)/t19-/m1/s1. The van der Waals surface area contributed by atoms with Crippen molar-refractivity contribution < 1.29 is 22.7 Å². The van der Waals surface area contributed by atoms with Gasteiger partial charge in [0, 0.05) is 19.2 Å². The maximum Gasteiger partial charge on any atom is 0.262 e. The van der Waals surface area contributed by atoms with E-state index in [2.05, 4.69) is 10.6 Å². The van der Waals surface area contributed by atoms with Crippen LogP contribution in [0.3, 0.4) is 0 Å². The Morgan fingerprint density at radius 3 is 2.81 bits per heavy atom. The van der Waals surface area contributed by atoms with Gasteiger partial charge in [-0.3, -0.25) is 9.59 Å². The maximum absolute atomic E-state index is 13.4. The van der Waals surface area contributed by atoms with E-state index < -0.39 is 16.1 Å². The number of hydrogen-bond acceptors (Lipinski definition) is 5. The van der Waals surface area contributed by atoms with Crippen LogP contribution in [0, 0.1) is 6.92 Å². The van der Waals surface area contributed by atoms with Crippen LogP contribution in [0.5, 0.6) is 5.75 Å². The molecule has 2 aromatic rings. The Morgan fingerprint density at radius 2 is 2.03 bits per heavy atom. The monoisotopic (exact) mass is 457 g/mol. The maximum atomic E-state index is 13.4. The third kappa shape index (κ3) is 4.63. The van der Waals surface area contributed by atoms with Gasteiger partial charge in [0.2, 0.25) is 15.9 Å². The van der Waals surface area contributed by atoms with Crippen LogP contribution >= 0.6 is 0 Å². The average Bonchev–Trinajstić information content (AvgIpc) is 3.28. The van der Waals surface area contributed by atoms with Crippen LogP contribution < -0.4 is 15.4 Å². The van der Waals surface area contributed by atoms with E-state index in [-0.39, 0.29) is 23.3 Å². The number of rotatable bonds is 7. The molecule has 1 atom stereocenters. The summed E-state index contributed by atoms with van der Waals surface area (Å²) in [6.07, 6.45) is 2.74. The zero-order valence-corrected chi connectivity index (χ0v) is 18.8. The summed E-state index contributed by atoms with van der Waals surface area (Å²) in [5.41, 5.74) is 2.14. The Labute approximate surface area is 188 Å². The van der Waals surface area contributed by atoms with Crippen LogP contribution in [-0.4, -0.2) is 50.3 Å². The molecule has 2 amide bonds. The second kappa shape index (κ2) is 9.30. The Bertz CT molecular complexity index is 1120. The van der Waals surface area contributed by atoms with Gasteiger partial charge in [-0.1, -0.05) is 30.3 Å². The molecule has 2 aliphatic rings. The fourth-order valence-corrected chi connectivity index (χ4v) is 6.06. The molecule has 0 radical (unpaired) electrons. The minimum atomic E-state index is -3.90. The van der Waals surface area contributed by atoms with Crippen LogP contribution in [0.1, 0.15) is 30.4 Å². The Balaban J connectivity index is 1.44. The summed E-state index contributed by atoms with van der Waals surface area (Å²) < 4.78 is 33.6. The first-order valence-corrected chi connectivity index (χ1v) is 12.2. The lowest BCUT2D eigenvalue weighted by Gasteiger charge is -2.26. The lowest BCUT2D eigenvalue weighted by Crippen LogP contribution is -2.46. The molecule has 0 spiro atoms. The van der Waals surface area contributed by atoms with E-state index in [1.807, 2.05) is 30.3 Å². The highest BCUT2D eigenvalue weighted by Gasteiger charge is 2.40. The fraction of sp³-hybridized carbons (Fsp3) is 0.391. The van der Waals surface area contributed by atoms with Crippen molar-refractivity contribution in [2.75, 3.05) is 25.0 Å². The number of benzene rings is 2. The number of ether oxygens (including phenoxy) is 1. The van der Waals surface area contributed by atoms with Crippen molar-refractivity contribution in [3.8, 4) is 5.75 Å². The molecule has 0 unspecified atom stereocenters. The molecule has 0 bridgehead atoms. The number of nitrogens with one attached hydrogen (secondary N) is 2. The number of carbonyl (C=O) groups excluding carboxylic acids is 2. The summed E-state index contributed by atoms with van der Waals surface area (Å²) >= 11 is 0. The predicted molar refractivity (Wildman–Crippen MR) is 120 cm³/mol. The Hall–Kier alpha value is -2.91. The van der Waals surface area contributed by atoms with Gasteiger partial charge < -0.3 is 15.4 Å². The van der Waals surface area contributed by atoms with E-state index in [4.69, 9.17) is 4.74 Å². The van der Waals surface area contributed by atoms with E-state index in [1.165, 1.54) is 15.9 Å². The van der Waals surface area contributed by atoms with Gasteiger partial charge in [0.15, 0.2) is 6.61 Å². The minimum absolute atomic E-state index is 0.0937. The van der Waals surface area contributed by atoms with Gasteiger partial charge in [0.1, 0.15) is 11.8 Å². The molecule has 1 fully saturated rings.